The van der Waals surface area contributed by atoms with Gasteiger partial charge in [-0.2, -0.15) is 0 Å². The Morgan fingerprint density at radius 2 is 1.83 bits per heavy atom. The number of rotatable bonds is 6. The lowest BCUT2D eigenvalue weighted by Crippen LogP contribution is -2.23. The topological polar surface area (TPSA) is 52.6 Å². The number of ketones is 1. The van der Waals surface area contributed by atoms with Crippen molar-refractivity contribution in [3.63, 3.8) is 0 Å². The van der Waals surface area contributed by atoms with Gasteiger partial charge in [0.1, 0.15) is 30.7 Å². The highest BCUT2D eigenvalue weighted by molar-refractivity contribution is 5.94. The SMILES string of the molecule is CC(=O)CC(=O)OC(C)COc1ccc(C)cc1. The van der Waals surface area contributed by atoms with Crippen LogP contribution in [0.2, 0.25) is 0 Å². The molecule has 1 aromatic rings. The molecule has 0 saturated heterocycles. The number of benzene rings is 1. The molecule has 0 aliphatic rings. The van der Waals surface area contributed by atoms with Gasteiger partial charge in [0.15, 0.2) is 0 Å². The molecular formula is C14H18O4. The summed E-state index contributed by atoms with van der Waals surface area (Å²) < 4.78 is 10.5. The molecule has 0 bridgehead atoms. The molecule has 4 nitrogen and oxygen atoms in total. The van der Waals surface area contributed by atoms with Gasteiger partial charge in [0.25, 0.3) is 0 Å². The number of carbonyl (C=O) groups is 2. The van der Waals surface area contributed by atoms with Gasteiger partial charge >= 0.3 is 5.97 Å². The van der Waals surface area contributed by atoms with Gasteiger partial charge in [0.2, 0.25) is 0 Å². The highest BCUT2D eigenvalue weighted by atomic mass is 16.6. The molecule has 1 aromatic carbocycles. The van der Waals surface area contributed by atoms with Crippen LogP contribution in [0.1, 0.15) is 25.8 Å². The van der Waals surface area contributed by atoms with E-state index in [1.807, 2.05) is 31.2 Å². The van der Waals surface area contributed by atoms with Crippen molar-refractivity contribution in [1.82, 2.24) is 0 Å². The highest BCUT2D eigenvalue weighted by Gasteiger charge is 2.12. The minimum Gasteiger partial charge on any atom is -0.490 e. The third-order valence-electron chi connectivity index (χ3n) is 2.23. The summed E-state index contributed by atoms with van der Waals surface area (Å²) in [5.41, 5.74) is 1.16. The van der Waals surface area contributed by atoms with Crippen molar-refractivity contribution in [2.45, 2.75) is 33.3 Å². The van der Waals surface area contributed by atoms with E-state index < -0.39 is 5.97 Å². The lowest BCUT2D eigenvalue weighted by atomic mass is 10.2. The van der Waals surface area contributed by atoms with Crippen LogP contribution in [0.3, 0.4) is 0 Å². The highest BCUT2D eigenvalue weighted by Crippen LogP contribution is 2.12. The van der Waals surface area contributed by atoms with E-state index in [-0.39, 0.29) is 24.9 Å². The Hall–Kier alpha value is -1.84. The molecule has 18 heavy (non-hydrogen) atoms. The quantitative estimate of drug-likeness (QED) is 0.574. The summed E-state index contributed by atoms with van der Waals surface area (Å²) in [6, 6.07) is 7.61. The van der Waals surface area contributed by atoms with E-state index >= 15 is 0 Å². The Morgan fingerprint density at radius 1 is 1.22 bits per heavy atom. The van der Waals surface area contributed by atoms with Crippen molar-refractivity contribution >= 4 is 11.8 Å². The van der Waals surface area contributed by atoms with Crippen molar-refractivity contribution in [1.29, 1.82) is 0 Å². The zero-order valence-electron chi connectivity index (χ0n) is 10.9. The van der Waals surface area contributed by atoms with E-state index in [1.165, 1.54) is 6.92 Å². The Labute approximate surface area is 107 Å². The summed E-state index contributed by atoms with van der Waals surface area (Å²) in [6.45, 7) is 5.35. The summed E-state index contributed by atoms with van der Waals surface area (Å²) in [5.74, 6) is 0.0178. The first-order chi connectivity index (χ1) is 8.47. The summed E-state index contributed by atoms with van der Waals surface area (Å²) in [4.78, 5) is 21.9. The van der Waals surface area contributed by atoms with Crippen LogP contribution in [0.25, 0.3) is 0 Å². The smallest absolute Gasteiger partial charge is 0.313 e. The van der Waals surface area contributed by atoms with Gasteiger partial charge in [-0.15, -0.1) is 0 Å². The zero-order chi connectivity index (χ0) is 13.5. The fourth-order valence-corrected chi connectivity index (χ4v) is 1.35. The third-order valence-corrected chi connectivity index (χ3v) is 2.23. The first kappa shape index (κ1) is 14.2. The van der Waals surface area contributed by atoms with E-state index in [2.05, 4.69) is 0 Å². The number of hydrogen-bond acceptors (Lipinski definition) is 4. The molecule has 0 heterocycles. The Kier molecular flexibility index (Phi) is 5.36. The Morgan fingerprint density at radius 3 is 2.39 bits per heavy atom. The van der Waals surface area contributed by atoms with E-state index in [4.69, 9.17) is 9.47 Å². The van der Waals surface area contributed by atoms with Crippen molar-refractivity contribution in [2.75, 3.05) is 6.61 Å². The van der Waals surface area contributed by atoms with E-state index in [9.17, 15) is 9.59 Å². The molecule has 0 aliphatic carbocycles. The average molecular weight is 250 g/mol. The van der Waals surface area contributed by atoms with Gasteiger partial charge < -0.3 is 9.47 Å². The summed E-state index contributed by atoms with van der Waals surface area (Å²) in [7, 11) is 0. The van der Waals surface area contributed by atoms with Crippen molar-refractivity contribution in [2.24, 2.45) is 0 Å². The number of ether oxygens (including phenoxy) is 2. The lowest BCUT2D eigenvalue weighted by molar-refractivity contribution is -0.151. The minimum absolute atomic E-state index is 0.186. The molecular weight excluding hydrogens is 232 g/mol. The summed E-state index contributed by atoms with van der Waals surface area (Å²) in [6.07, 6.45) is -0.562. The summed E-state index contributed by atoms with van der Waals surface area (Å²) in [5, 5.41) is 0. The second-order valence-corrected chi connectivity index (χ2v) is 4.30. The average Bonchev–Trinajstić information content (AvgIpc) is 2.27. The third kappa shape index (κ3) is 5.48. The van der Waals surface area contributed by atoms with E-state index in [1.54, 1.807) is 6.92 Å². The van der Waals surface area contributed by atoms with Crippen LogP contribution in [0, 0.1) is 6.92 Å². The standard InChI is InChI=1S/C14H18O4/c1-10-4-6-13(7-5-10)17-9-12(3)18-14(16)8-11(2)15/h4-7,12H,8-9H2,1-3H3. The molecule has 98 valence electrons. The maximum Gasteiger partial charge on any atom is 0.313 e. The summed E-state index contributed by atoms with van der Waals surface area (Å²) >= 11 is 0. The first-order valence-electron chi connectivity index (χ1n) is 5.85. The largest absolute Gasteiger partial charge is 0.490 e. The molecule has 0 aromatic heterocycles. The van der Waals surface area contributed by atoms with Crippen molar-refractivity contribution < 1.29 is 19.1 Å². The van der Waals surface area contributed by atoms with Crippen molar-refractivity contribution in [3.8, 4) is 5.75 Å². The van der Waals surface area contributed by atoms with Crippen LogP contribution in [0.5, 0.6) is 5.75 Å². The molecule has 0 saturated carbocycles. The van der Waals surface area contributed by atoms with Gasteiger partial charge in [0, 0.05) is 0 Å². The minimum atomic E-state index is -0.512. The van der Waals surface area contributed by atoms with Crippen LogP contribution >= 0.6 is 0 Å². The number of esters is 1. The van der Waals surface area contributed by atoms with Gasteiger partial charge in [-0.05, 0) is 32.9 Å². The first-order valence-corrected chi connectivity index (χ1v) is 5.85. The molecule has 4 heteroatoms. The van der Waals surface area contributed by atoms with Crippen LogP contribution < -0.4 is 4.74 Å². The zero-order valence-corrected chi connectivity index (χ0v) is 10.9. The number of aryl methyl sites for hydroxylation is 1. The second-order valence-electron chi connectivity index (χ2n) is 4.30. The Balaban J connectivity index is 2.32. The van der Waals surface area contributed by atoms with Crippen molar-refractivity contribution in [3.05, 3.63) is 29.8 Å². The van der Waals surface area contributed by atoms with Crippen LogP contribution in [0.4, 0.5) is 0 Å². The molecule has 1 rings (SSSR count). The van der Waals surface area contributed by atoms with Gasteiger partial charge in [-0.3, -0.25) is 9.59 Å². The monoisotopic (exact) mass is 250 g/mol. The van der Waals surface area contributed by atoms with Crippen LogP contribution in [0.15, 0.2) is 24.3 Å². The number of Topliss-reactive ketones (excluding diaryl/α,β-unsaturated/α-hetero) is 1. The Bertz CT molecular complexity index is 408. The maximum absolute atomic E-state index is 11.2. The molecule has 0 spiro atoms. The number of carbonyl (C=O) groups excluding carboxylic acids is 2. The molecule has 0 amide bonds. The van der Waals surface area contributed by atoms with Gasteiger partial charge in [-0.1, -0.05) is 17.7 Å². The molecule has 0 fully saturated rings. The van der Waals surface area contributed by atoms with Crippen LogP contribution in [-0.2, 0) is 14.3 Å². The van der Waals surface area contributed by atoms with E-state index in [0.29, 0.717) is 0 Å². The molecule has 1 unspecified atom stereocenters. The van der Waals surface area contributed by atoms with Gasteiger partial charge in [-0.25, -0.2) is 0 Å². The second kappa shape index (κ2) is 6.79. The fourth-order valence-electron chi connectivity index (χ4n) is 1.35. The lowest BCUT2D eigenvalue weighted by Gasteiger charge is -2.14. The number of hydrogen-bond donors (Lipinski definition) is 0. The fraction of sp³-hybridized carbons (Fsp3) is 0.429. The van der Waals surface area contributed by atoms with E-state index in [0.717, 1.165) is 11.3 Å². The molecule has 0 radical (unpaired) electrons. The van der Waals surface area contributed by atoms with Gasteiger partial charge in [0.05, 0.1) is 0 Å². The molecule has 1 atom stereocenters. The van der Waals surface area contributed by atoms with Crippen LogP contribution in [-0.4, -0.2) is 24.5 Å². The predicted octanol–water partition coefficient (Wildman–Crippen LogP) is 2.28. The normalized spacial score (nSPS) is 11.7. The molecule has 0 aliphatic heterocycles. The predicted molar refractivity (Wildman–Crippen MR) is 67.5 cm³/mol. The molecule has 0 N–H and O–H groups in total. The maximum atomic E-state index is 11.2.